The summed E-state index contributed by atoms with van der Waals surface area (Å²) in [5.41, 5.74) is 0. The Morgan fingerprint density at radius 2 is 1.69 bits per heavy atom. The molecule has 0 aromatic rings. The molecule has 2 N–H and O–H groups in total. The Kier molecular flexibility index (Phi) is 17.0. The molecule has 0 aliphatic rings. The van der Waals surface area contributed by atoms with Gasteiger partial charge in [0.15, 0.2) is 0 Å². The summed E-state index contributed by atoms with van der Waals surface area (Å²) in [5.74, 6) is 0. The zero-order valence-electron chi connectivity index (χ0n) is 9.12. The fourth-order valence-electron chi connectivity index (χ4n) is 0.547. The van der Waals surface area contributed by atoms with Crippen molar-refractivity contribution in [2.75, 3.05) is 19.8 Å². The fraction of sp³-hybridized carbons (Fsp3) is 1.00. The van der Waals surface area contributed by atoms with Crippen molar-refractivity contribution in [3.05, 3.63) is 0 Å². The lowest BCUT2D eigenvalue weighted by Gasteiger charge is -2.08. The third-order valence-corrected chi connectivity index (χ3v) is 1.58. The molecule has 0 aliphatic carbocycles. The van der Waals surface area contributed by atoms with Crippen molar-refractivity contribution in [1.82, 2.24) is 0 Å². The smallest absolute Gasteiger partial charge is 0.0662 e. The summed E-state index contributed by atoms with van der Waals surface area (Å²) in [6.07, 6.45) is 4.02. The first-order valence-corrected chi connectivity index (χ1v) is 5.06. The van der Waals surface area contributed by atoms with Crippen LogP contribution in [-0.2, 0) is 4.74 Å². The van der Waals surface area contributed by atoms with Crippen molar-refractivity contribution in [3.63, 3.8) is 0 Å². The first-order chi connectivity index (χ1) is 6.22. The molecule has 3 nitrogen and oxygen atoms in total. The maximum atomic E-state index is 7.62. The molecule has 0 radical (unpaired) electrons. The maximum Gasteiger partial charge on any atom is 0.0662 e. The van der Waals surface area contributed by atoms with Gasteiger partial charge in [-0.2, -0.15) is 0 Å². The number of hydrogen-bond donors (Lipinski definition) is 2. The van der Waals surface area contributed by atoms with E-state index in [-0.39, 0.29) is 13.2 Å². The van der Waals surface area contributed by atoms with Crippen LogP contribution in [0.25, 0.3) is 0 Å². The second-order valence-corrected chi connectivity index (χ2v) is 2.89. The van der Waals surface area contributed by atoms with Gasteiger partial charge < -0.3 is 14.9 Å². The van der Waals surface area contributed by atoms with E-state index in [0.29, 0.717) is 6.10 Å². The Bertz CT molecular complexity index is 74.6. The van der Waals surface area contributed by atoms with Crippen molar-refractivity contribution in [2.24, 2.45) is 0 Å². The summed E-state index contributed by atoms with van der Waals surface area (Å²) in [6.45, 7) is 7.14. The quantitative estimate of drug-likeness (QED) is 0.628. The van der Waals surface area contributed by atoms with Crippen LogP contribution in [0.4, 0.5) is 0 Å². The molecule has 0 amide bonds. The third-order valence-electron chi connectivity index (χ3n) is 1.58. The van der Waals surface area contributed by atoms with Gasteiger partial charge in [-0.05, 0) is 19.8 Å². The van der Waals surface area contributed by atoms with Crippen LogP contribution in [-0.4, -0.2) is 36.1 Å². The molecule has 0 aromatic carbocycles. The normalized spacial score (nSPS) is 11.8. The zero-order chi connectivity index (χ0) is 10.5. The second kappa shape index (κ2) is 14.4. The van der Waals surface area contributed by atoms with Crippen LogP contribution in [0.2, 0.25) is 0 Å². The van der Waals surface area contributed by atoms with E-state index in [1.165, 1.54) is 12.8 Å². The van der Waals surface area contributed by atoms with Crippen LogP contribution in [0, 0.1) is 0 Å². The first kappa shape index (κ1) is 15.4. The van der Waals surface area contributed by atoms with Gasteiger partial charge in [-0.25, -0.2) is 0 Å². The van der Waals surface area contributed by atoms with E-state index in [2.05, 4.69) is 20.8 Å². The Morgan fingerprint density at radius 3 is 2.00 bits per heavy atom. The first-order valence-electron chi connectivity index (χ1n) is 5.06. The minimum Gasteiger partial charge on any atom is -0.394 e. The largest absolute Gasteiger partial charge is 0.394 e. The summed E-state index contributed by atoms with van der Waals surface area (Å²) >= 11 is 0. The van der Waals surface area contributed by atoms with Crippen molar-refractivity contribution in [3.8, 4) is 0 Å². The van der Waals surface area contributed by atoms with Crippen LogP contribution in [0.3, 0.4) is 0 Å². The molecule has 0 saturated carbocycles. The molecule has 0 fully saturated rings. The molecule has 1 unspecified atom stereocenters. The van der Waals surface area contributed by atoms with E-state index in [4.69, 9.17) is 14.9 Å². The zero-order valence-corrected chi connectivity index (χ0v) is 9.12. The molecule has 3 heteroatoms. The van der Waals surface area contributed by atoms with E-state index in [1.807, 2.05) is 0 Å². The summed E-state index contributed by atoms with van der Waals surface area (Å²) in [7, 11) is 0. The molecule has 0 rings (SSSR count). The highest BCUT2D eigenvalue weighted by molar-refractivity contribution is 4.43. The lowest BCUT2D eigenvalue weighted by Crippen LogP contribution is -2.06. The van der Waals surface area contributed by atoms with E-state index in [0.717, 1.165) is 13.0 Å². The topological polar surface area (TPSA) is 49.7 Å². The van der Waals surface area contributed by atoms with Crippen molar-refractivity contribution >= 4 is 0 Å². The monoisotopic (exact) mass is 192 g/mol. The van der Waals surface area contributed by atoms with Crippen LogP contribution in [0.1, 0.15) is 40.0 Å². The van der Waals surface area contributed by atoms with Gasteiger partial charge in [-0.3, -0.25) is 0 Å². The highest BCUT2D eigenvalue weighted by atomic mass is 16.5. The van der Waals surface area contributed by atoms with Gasteiger partial charge in [0, 0.05) is 6.61 Å². The second-order valence-electron chi connectivity index (χ2n) is 2.89. The van der Waals surface area contributed by atoms with E-state index >= 15 is 0 Å². The van der Waals surface area contributed by atoms with Crippen LogP contribution in [0.15, 0.2) is 0 Å². The lowest BCUT2D eigenvalue weighted by atomic mass is 10.3. The number of aliphatic hydroxyl groups is 2. The predicted octanol–water partition coefficient (Wildman–Crippen LogP) is 1.57. The van der Waals surface area contributed by atoms with Crippen molar-refractivity contribution in [1.29, 1.82) is 0 Å². The Hall–Kier alpha value is -0.120. The van der Waals surface area contributed by atoms with Gasteiger partial charge in [-0.15, -0.1) is 0 Å². The van der Waals surface area contributed by atoms with Crippen molar-refractivity contribution < 1.29 is 14.9 Å². The summed E-state index contributed by atoms with van der Waals surface area (Å²) in [4.78, 5) is 0. The molecule has 82 valence electrons. The maximum absolute atomic E-state index is 7.62. The molecule has 0 aliphatic heterocycles. The van der Waals surface area contributed by atoms with E-state index in [1.54, 1.807) is 0 Å². The molecule has 0 spiro atoms. The minimum absolute atomic E-state index is 0.125. The molecule has 0 aromatic heterocycles. The van der Waals surface area contributed by atoms with E-state index < -0.39 is 0 Å². The number of hydrogen-bond acceptors (Lipinski definition) is 3. The lowest BCUT2D eigenvalue weighted by molar-refractivity contribution is 0.0617. The van der Waals surface area contributed by atoms with Gasteiger partial charge >= 0.3 is 0 Å². The van der Waals surface area contributed by atoms with Crippen molar-refractivity contribution in [2.45, 2.75) is 46.1 Å². The van der Waals surface area contributed by atoms with Gasteiger partial charge in [0.25, 0.3) is 0 Å². The molecule has 0 heterocycles. The number of unbranched alkanes of at least 4 members (excludes halogenated alkanes) is 1. The molecule has 0 saturated heterocycles. The average molecular weight is 192 g/mol. The molecule has 1 atom stereocenters. The SMILES string of the molecule is CCCCOC(C)CC.OCCO. The predicted molar refractivity (Wildman–Crippen MR) is 54.8 cm³/mol. The van der Waals surface area contributed by atoms with Gasteiger partial charge in [0.2, 0.25) is 0 Å². The number of aliphatic hydroxyl groups excluding tert-OH is 2. The van der Waals surface area contributed by atoms with Gasteiger partial charge in [0.1, 0.15) is 0 Å². The third kappa shape index (κ3) is 18.7. The summed E-state index contributed by atoms with van der Waals surface area (Å²) < 4.78 is 5.43. The Balaban J connectivity index is 0. The molecule has 13 heavy (non-hydrogen) atoms. The standard InChI is InChI=1S/C8H18O.C2H6O2/c1-4-6-7-9-8(3)5-2;3-1-2-4/h8H,4-7H2,1-3H3;3-4H,1-2H2. The molecular weight excluding hydrogens is 168 g/mol. The number of rotatable bonds is 6. The van der Waals surface area contributed by atoms with Crippen LogP contribution in [0.5, 0.6) is 0 Å². The summed E-state index contributed by atoms with van der Waals surface area (Å²) in [6, 6.07) is 0. The van der Waals surface area contributed by atoms with E-state index in [9.17, 15) is 0 Å². The van der Waals surface area contributed by atoms with Crippen LogP contribution >= 0.6 is 0 Å². The van der Waals surface area contributed by atoms with Gasteiger partial charge in [-0.1, -0.05) is 20.3 Å². The average Bonchev–Trinajstić information content (AvgIpc) is 2.18. The molecule has 0 bridgehead atoms. The molecular formula is C10H24O3. The highest BCUT2D eigenvalue weighted by Crippen LogP contribution is 1.97. The summed E-state index contributed by atoms with van der Waals surface area (Å²) in [5, 5.41) is 15.2. The number of ether oxygens (including phenoxy) is 1. The minimum atomic E-state index is -0.125. The van der Waals surface area contributed by atoms with Crippen LogP contribution < -0.4 is 0 Å². The Morgan fingerprint density at radius 1 is 1.15 bits per heavy atom. The Labute approximate surface area is 81.7 Å². The fourth-order valence-corrected chi connectivity index (χ4v) is 0.547. The highest BCUT2D eigenvalue weighted by Gasteiger charge is 1.94. The van der Waals surface area contributed by atoms with Gasteiger partial charge in [0.05, 0.1) is 19.3 Å².